The summed E-state index contributed by atoms with van der Waals surface area (Å²) < 4.78 is 0. The van der Waals surface area contributed by atoms with Gasteiger partial charge in [0.2, 0.25) is 5.91 Å². The Bertz CT molecular complexity index is 531. The third kappa shape index (κ3) is 2.99. The van der Waals surface area contributed by atoms with E-state index in [9.17, 15) is 4.79 Å². The second-order valence-corrected chi connectivity index (χ2v) is 5.30. The SMILES string of the molecule is CCc1cccc(C)c1NC(=O)Cc1cccs1. The van der Waals surface area contributed by atoms with Gasteiger partial charge in [0.15, 0.2) is 0 Å². The molecule has 0 saturated heterocycles. The Balaban J connectivity index is 2.11. The van der Waals surface area contributed by atoms with E-state index >= 15 is 0 Å². The van der Waals surface area contributed by atoms with Crippen LogP contribution < -0.4 is 5.32 Å². The lowest BCUT2D eigenvalue weighted by molar-refractivity contribution is -0.115. The number of benzene rings is 1. The molecular formula is C15H17NOS. The molecule has 0 saturated carbocycles. The summed E-state index contributed by atoms with van der Waals surface area (Å²) in [5.74, 6) is 0.0569. The molecule has 3 heteroatoms. The van der Waals surface area contributed by atoms with Gasteiger partial charge in [-0.05, 0) is 35.9 Å². The summed E-state index contributed by atoms with van der Waals surface area (Å²) in [5, 5.41) is 5.03. The van der Waals surface area contributed by atoms with Gasteiger partial charge < -0.3 is 5.32 Å². The predicted octanol–water partition coefficient (Wildman–Crippen LogP) is 3.80. The third-order valence-electron chi connectivity index (χ3n) is 2.92. The summed E-state index contributed by atoms with van der Waals surface area (Å²) >= 11 is 1.62. The van der Waals surface area contributed by atoms with Crippen molar-refractivity contribution in [2.75, 3.05) is 5.32 Å². The maximum atomic E-state index is 12.0. The summed E-state index contributed by atoms with van der Waals surface area (Å²) in [6.45, 7) is 4.13. The number of carbonyl (C=O) groups is 1. The van der Waals surface area contributed by atoms with Gasteiger partial charge in [0, 0.05) is 10.6 Å². The molecule has 1 amide bonds. The highest BCUT2D eigenvalue weighted by molar-refractivity contribution is 7.10. The van der Waals surface area contributed by atoms with E-state index < -0.39 is 0 Å². The second-order valence-electron chi connectivity index (χ2n) is 4.27. The number of nitrogens with one attached hydrogen (secondary N) is 1. The van der Waals surface area contributed by atoms with Crippen LogP contribution in [0.5, 0.6) is 0 Å². The molecule has 1 aromatic heterocycles. The van der Waals surface area contributed by atoms with Crippen LogP contribution in [0.25, 0.3) is 0 Å². The highest BCUT2D eigenvalue weighted by Crippen LogP contribution is 2.21. The monoisotopic (exact) mass is 259 g/mol. The van der Waals surface area contributed by atoms with Crippen molar-refractivity contribution < 1.29 is 4.79 Å². The lowest BCUT2D eigenvalue weighted by Crippen LogP contribution is -2.15. The Morgan fingerprint density at radius 2 is 2.11 bits per heavy atom. The van der Waals surface area contributed by atoms with Gasteiger partial charge >= 0.3 is 0 Å². The average molecular weight is 259 g/mol. The van der Waals surface area contributed by atoms with Gasteiger partial charge in [0.1, 0.15) is 0 Å². The fraction of sp³-hybridized carbons (Fsp3) is 0.267. The molecule has 94 valence electrons. The van der Waals surface area contributed by atoms with E-state index in [0.29, 0.717) is 6.42 Å². The largest absolute Gasteiger partial charge is 0.325 e. The number of anilines is 1. The lowest BCUT2D eigenvalue weighted by Gasteiger charge is -2.12. The molecule has 0 radical (unpaired) electrons. The summed E-state index contributed by atoms with van der Waals surface area (Å²) in [6, 6.07) is 10.1. The molecule has 0 fully saturated rings. The first-order valence-corrected chi connectivity index (χ1v) is 6.99. The van der Waals surface area contributed by atoms with Crippen LogP contribution >= 0.6 is 11.3 Å². The number of para-hydroxylation sites is 1. The number of rotatable bonds is 4. The van der Waals surface area contributed by atoms with Crippen LogP contribution in [-0.4, -0.2) is 5.91 Å². The van der Waals surface area contributed by atoms with Crippen LogP contribution in [0.4, 0.5) is 5.69 Å². The van der Waals surface area contributed by atoms with Crippen molar-refractivity contribution in [3.05, 3.63) is 51.7 Å². The number of hydrogen-bond donors (Lipinski definition) is 1. The summed E-state index contributed by atoms with van der Waals surface area (Å²) in [7, 11) is 0. The van der Waals surface area contributed by atoms with Crippen molar-refractivity contribution in [2.24, 2.45) is 0 Å². The molecular weight excluding hydrogens is 242 g/mol. The van der Waals surface area contributed by atoms with Crippen LogP contribution in [0.3, 0.4) is 0 Å². The van der Waals surface area contributed by atoms with E-state index in [1.807, 2.05) is 36.6 Å². The first-order valence-electron chi connectivity index (χ1n) is 6.11. The zero-order valence-corrected chi connectivity index (χ0v) is 11.5. The number of aryl methyl sites for hydroxylation is 2. The molecule has 18 heavy (non-hydrogen) atoms. The molecule has 2 rings (SSSR count). The van der Waals surface area contributed by atoms with E-state index in [1.165, 1.54) is 5.56 Å². The van der Waals surface area contributed by atoms with Crippen molar-refractivity contribution in [1.29, 1.82) is 0 Å². The van der Waals surface area contributed by atoms with Gasteiger partial charge in [0.25, 0.3) is 0 Å². The molecule has 0 aliphatic heterocycles. The molecule has 0 spiro atoms. The minimum atomic E-state index is 0.0569. The lowest BCUT2D eigenvalue weighted by atomic mass is 10.1. The maximum absolute atomic E-state index is 12.0. The highest BCUT2D eigenvalue weighted by atomic mass is 32.1. The van der Waals surface area contributed by atoms with Gasteiger partial charge in [-0.15, -0.1) is 11.3 Å². The molecule has 2 aromatic rings. The Hall–Kier alpha value is -1.61. The molecule has 0 unspecified atom stereocenters. The topological polar surface area (TPSA) is 29.1 Å². The first kappa shape index (κ1) is 12.8. The number of amides is 1. The van der Waals surface area contributed by atoms with Crippen molar-refractivity contribution in [3.63, 3.8) is 0 Å². The van der Waals surface area contributed by atoms with Gasteiger partial charge in [-0.2, -0.15) is 0 Å². The van der Waals surface area contributed by atoms with E-state index in [-0.39, 0.29) is 5.91 Å². The zero-order chi connectivity index (χ0) is 13.0. The predicted molar refractivity (Wildman–Crippen MR) is 77.2 cm³/mol. The van der Waals surface area contributed by atoms with Crippen molar-refractivity contribution in [1.82, 2.24) is 0 Å². The number of carbonyl (C=O) groups excluding carboxylic acids is 1. The van der Waals surface area contributed by atoms with Gasteiger partial charge in [0.05, 0.1) is 6.42 Å². The van der Waals surface area contributed by atoms with Crippen LogP contribution in [0, 0.1) is 6.92 Å². The smallest absolute Gasteiger partial charge is 0.229 e. The molecule has 0 aliphatic rings. The van der Waals surface area contributed by atoms with E-state index in [4.69, 9.17) is 0 Å². The van der Waals surface area contributed by atoms with Gasteiger partial charge in [-0.3, -0.25) is 4.79 Å². The number of thiophene rings is 1. The second kappa shape index (κ2) is 5.83. The van der Waals surface area contributed by atoms with E-state index in [2.05, 4.69) is 18.3 Å². The summed E-state index contributed by atoms with van der Waals surface area (Å²) in [5.41, 5.74) is 3.28. The summed E-state index contributed by atoms with van der Waals surface area (Å²) in [6.07, 6.45) is 1.38. The molecule has 0 atom stereocenters. The molecule has 1 heterocycles. The minimum absolute atomic E-state index is 0.0569. The van der Waals surface area contributed by atoms with Crippen LogP contribution in [-0.2, 0) is 17.6 Å². The van der Waals surface area contributed by atoms with Crippen LogP contribution in [0.2, 0.25) is 0 Å². The van der Waals surface area contributed by atoms with Crippen LogP contribution in [0.1, 0.15) is 22.9 Å². The molecule has 0 bridgehead atoms. The Labute approximate surface area is 112 Å². The fourth-order valence-electron chi connectivity index (χ4n) is 1.96. The highest BCUT2D eigenvalue weighted by Gasteiger charge is 2.09. The molecule has 2 nitrogen and oxygen atoms in total. The van der Waals surface area contributed by atoms with Crippen molar-refractivity contribution in [2.45, 2.75) is 26.7 Å². The van der Waals surface area contributed by atoms with Crippen molar-refractivity contribution in [3.8, 4) is 0 Å². The maximum Gasteiger partial charge on any atom is 0.229 e. The quantitative estimate of drug-likeness (QED) is 0.889. The van der Waals surface area contributed by atoms with Crippen molar-refractivity contribution >= 4 is 22.9 Å². The minimum Gasteiger partial charge on any atom is -0.325 e. The van der Waals surface area contributed by atoms with E-state index in [1.54, 1.807) is 11.3 Å². The molecule has 1 aromatic carbocycles. The normalized spacial score (nSPS) is 10.3. The standard InChI is InChI=1S/C15H17NOS/c1-3-12-7-4-6-11(2)15(12)16-14(17)10-13-8-5-9-18-13/h4-9H,3,10H2,1-2H3,(H,16,17). The van der Waals surface area contributed by atoms with E-state index in [0.717, 1.165) is 22.5 Å². The Morgan fingerprint density at radius 1 is 1.28 bits per heavy atom. The molecule has 0 aliphatic carbocycles. The molecule has 1 N–H and O–H groups in total. The average Bonchev–Trinajstić information content (AvgIpc) is 2.84. The van der Waals surface area contributed by atoms with Crippen LogP contribution in [0.15, 0.2) is 35.7 Å². The Morgan fingerprint density at radius 3 is 2.78 bits per heavy atom. The fourth-order valence-corrected chi connectivity index (χ4v) is 2.66. The third-order valence-corrected chi connectivity index (χ3v) is 3.80. The zero-order valence-electron chi connectivity index (χ0n) is 10.7. The van der Waals surface area contributed by atoms with Gasteiger partial charge in [-0.1, -0.05) is 31.2 Å². The summed E-state index contributed by atoms with van der Waals surface area (Å²) in [4.78, 5) is 13.1. The van der Waals surface area contributed by atoms with Gasteiger partial charge in [-0.25, -0.2) is 0 Å². The number of hydrogen-bond acceptors (Lipinski definition) is 2. The Kier molecular flexibility index (Phi) is 4.15. The first-order chi connectivity index (χ1) is 8.70.